The molecule has 2 rings (SSSR count). The van der Waals surface area contributed by atoms with Gasteiger partial charge in [0.1, 0.15) is 5.82 Å². The normalized spacial score (nSPS) is 9.17. The Balaban J connectivity index is 0.00000144. The Labute approximate surface area is 117 Å². The van der Waals surface area contributed by atoms with Gasteiger partial charge in [0.25, 0.3) is 5.56 Å². The van der Waals surface area contributed by atoms with Crippen LogP contribution in [-0.2, 0) is 6.42 Å². The molecule has 0 aliphatic rings. The lowest BCUT2D eigenvalue weighted by Crippen LogP contribution is -2.13. The van der Waals surface area contributed by atoms with Crippen molar-refractivity contribution >= 4 is 24.8 Å². The van der Waals surface area contributed by atoms with Crippen molar-refractivity contribution in [2.45, 2.75) is 6.42 Å². The number of aromatic amines is 1. The second kappa shape index (κ2) is 7.81. The molecule has 0 atom stereocenters. The summed E-state index contributed by atoms with van der Waals surface area (Å²) in [6.07, 6.45) is 3.92. The standard InChI is InChI=1S/C11H12N4O.2ClH/c12-4-3-9-6-10(16)15-11(14-9)8-2-1-5-13-7-8;;/h1-2,5-7H,3-4,12H2,(H,14,15,16);2*1H. The summed E-state index contributed by atoms with van der Waals surface area (Å²) in [5.41, 5.74) is 6.76. The van der Waals surface area contributed by atoms with Crippen molar-refractivity contribution in [2.24, 2.45) is 5.73 Å². The molecular weight excluding hydrogens is 275 g/mol. The number of hydrogen-bond donors (Lipinski definition) is 2. The molecule has 2 aromatic heterocycles. The van der Waals surface area contributed by atoms with Crippen molar-refractivity contribution in [3.63, 3.8) is 0 Å². The predicted octanol–water partition coefficient (Wildman–Crippen LogP) is 1.18. The zero-order valence-corrected chi connectivity index (χ0v) is 11.1. The number of hydrogen-bond acceptors (Lipinski definition) is 4. The van der Waals surface area contributed by atoms with E-state index in [0.29, 0.717) is 24.5 Å². The first-order valence-corrected chi connectivity index (χ1v) is 5.00. The van der Waals surface area contributed by atoms with Gasteiger partial charge in [-0.05, 0) is 18.7 Å². The third-order valence-electron chi connectivity index (χ3n) is 2.13. The van der Waals surface area contributed by atoms with Crippen LogP contribution in [0.15, 0.2) is 35.4 Å². The van der Waals surface area contributed by atoms with E-state index in [2.05, 4.69) is 15.0 Å². The van der Waals surface area contributed by atoms with Crippen LogP contribution in [0.3, 0.4) is 0 Å². The van der Waals surface area contributed by atoms with Crippen molar-refractivity contribution < 1.29 is 0 Å². The largest absolute Gasteiger partial charge is 0.330 e. The molecule has 5 nitrogen and oxygen atoms in total. The van der Waals surface area contributed by atoms with Gasteiger partial charge in [-0.3, -0.25) is 9.78 Å². The van der Waals surface area contributed by atoms with E-state index in [1.165, 1.54) is 6.07 Å². The molecule has 0 aliphatic carbocycles. The molecule has 0 saturated carbocycles. The molecule has 18 heavy (non-hydrogen) atoms. The average molecular weight is 289 g/mol. The summed E-state index contributed by atoms with van der Waals surface area (Å²) in [6.45, 7) is 0.475. The average Bonchev–Trinajstić information content (AvgIpc) is 2.30. The van der Waals surface area contributed by atoms with Gasteiger partial charge >= 0.3 is 0 Å². The van der Waals surface area contributed by atoms with Crippen molar-refractivity contribution in [3.8, 4) is 11.4 Å². The number of nitrogens with one attached hydrogen (secondary N) is 1. The SMILES string of the molecule is Cl.Cl.NCCc1cc(=O)[nH]c(-c2cccnc2)n1. The maximum atomic E-state index is 11.4. The molecule has 0 unspecified atom stereocenters. The molecule has 0 aromatic carbocycles. The van der Waals surface area contributed by atoms with Crippen LogP contribution in [0, 0.1) is 0 Å². The van der Waals surface area contributed by atoms with Crippen LogP contribution in [0.4, 0.5) is 0 Å². The van der Waals surface area contributed by atoms with Crippen molar-refractivity contribution in [1.29, 1.82) is 0 Å². The first-order valence-electron chi connectivity index (χ1n) is 5.00. The molecule has 0 bridgehead atoms. The molecule has 0 spiro atoms. The Morgan fingerprint density at radius 1 is 1.33 bits per heavy atom. The lowest BCUT2D eigenvalue weighted by Gasteiger charge is -2.02. The molecule has 0 radical (unpaired) electrons. The molecule has 3 N–H and O–H groups in total. The molecule has 0 aliphatic heterocycles. The minimum Gasteiger partial charge on any atom is -0.330 e. The van der Waals surface area contributed by atoms with E-state index in [4.69, 9.17) is 5.73 Å². The highest BCUT2D eigenvalue weighted by molar-refractivity contribution is 5.85. The summed E-state index contributed by atoms with van der Waals surface area (Å²) in [4.78, 5) is 22.4. The molecule has 0 saturated heterocycles. The van der Waals surface area contributed by atoms with Gasteiger partial charge in [0, 0.05) is 36.1 Å². The van der Waals surface area contributed by atoms with Crippen molar-refractivity contribution in [2.75, 3.05) is 6.54 Å². The van der Waals surface area contributed by atoms with E-state index in [9.17, 15) is 4.79 Å². The quantitative estimate of drug-likeness (QED) is 0.888. The van der Waals surface area contributed by atoms with Gasteiger partial charge in [0.05, 0.1) is 0 Å². The second-order valence-electron chi connectivity index (χ2n) is 3.37. The van der Waals surface area contributed by atoms with Crippen molar-refractivity contribution in [1.82, 2.24) is 15.0 Å². The summed E-state index contributed by atoms with van der Waals surface area (Å²) < 4.78 is 0. The molecule has 98 valence electrons. The van der Waals surface area contributed by atoms with Gasteiger partial charge < -0.3 is 10.7 Å². The van der Waals surface area contributed by atoms with Crippen LogP contribution in [-0.4, -0.2) is 21.5 Å². The van der Waals surface area contributed by atoms with Crippen LogP contribution in [0.2, 0.25) is 0 Å². The van der Waals surface area contributed by atoms with E-state index < -0.39 is 0 Å². The zero-order chi connectivity index (χ0) is 11.4. The smallest absolute Gasteiger partial charge is 0.251 e. The maximum Gasteiger partial charge on any atom is 0.251 e. The fourth-order valence-corrected chi connectivity index (χ4v) is 1.42. The molecule has 2 heterocycles. The maximum absolute atomic E-state index is 11.4. The van der Waals surface area contributed by atoms with Gasteiger partial charge in [-0.2, -0.15) is 0 Å². The Morgan fingerprint density at radius 2 is 2.11 bits per heavy atom. The highest BCUT2D eigenvalue weighted by Crippen LogP contribution is 2.10. The third kappa shape index (κ3) is 4.10. The number of aromatic nitrogens is 3. The summed E-state index contributed by atoms with van der Waals surface area (Å²) in [5.74, 6) is 0.532. The molecule has 2 aromatic rings. The lowest BCUT2D eigenvalue weighted by atomic mass is 10.2. The monoisotopic (exact) mass is 288 g/mol. The minimum absolute atomic E-state index is 0. The first-order chi connectivity index (χ1) is 7.79. The second-order valence-corrected chi connectivity index (χ2v) is 3.37. The molecule has 0 amide bonds. The van der Waals surface area contributed by atoms with Gasteiger partial charge in [-0.25, -0.2) is 4.98 Å². The minimum atomic E-state index is -0.169. The summed E-state index contributed by atoms with van der Waals surface area (Å²) >= 11 is 0. The fraction of sp³-hybridized carbons (Fsp3) is 0.182. The molecule has 0 fully saturated rings. The Morgan fingerprint density at radius 3 is 2.72 bits per heavy atom. The fourth-order valence-electron chi connectivity index (χ4n) is 1.42. The zero-order valence-electron chi connectivity index (χ0n) is 9.50. The first kappa shape index (κ1) is 16.6. The predicted molar refractivity (Wildman–Crippen MR) is 75.3 cm³/mol. The van der Waals surface area contributed by atoms with Crippen LogP contribution in [0.25, 0.3) is 11.4 Å². The Hall–Kier alpha value is -1.43. The number of halogens is 2. The summed E-state index contributed by atoms with van der Waals surface area (Å²) in [7, 11) is 0. The van der Waals surface area contributed by atoms with Gasteiger partial charge in [0.2, 0.25) is 0 Å². The molecular formula is C11H14Cl2N4O. The lowest BCUT2D eigenvalue weighted by molar-refractivity contribution is 0.905. The van der Waals surface area contributed by atoms with Crippen LogP contribution >= 0.6 is 24.8 Å². The van der Waals surface area contributed by atoms with E-state index in [1.807, 2.05) is 6.07 Å². The van der Waals surface area contributed by atoms with E-state index in [-0.39, 0.29) is 30.4 Å². The molecule has 7 heteroatoms. The van der Waals surface area contributed by atoms with Crippen LogP contribution in [0.5, 0.6) is 0 Å². The van der Waals surface area contributed by atoms with E-state index in [1.54, 1.807) is 18.5 Å². The van der Waals surface area contributed by atoms with Gasteiger partial charge in [-0.1, -0.05) is 0 Å². The highest BCUT2D eigenvalue weighted by atomic mass is 35.5. The summed E-state index contributed by atoms with van der Waals surface area (Å²) in [5, 5.41) is 0. The third-order valence-corrected chi connectivity index (χ3v) is 2.13. The topological polar surface area (TPSA) is 84.7 Å². The van der Waals surface area contributed by atoms with E-state index in [0.717, 1.165) is 5.56 Å². The number of rotatable bonds is 3. The number of nitrogens with zero attached hydrogens (tertiary/aromatic N) is 2. The van der Waals surface area contributed by atoms with Crippen LogP contribution in [0.1, 0.15) is 5.69 Å². The Kier molecular flexibility index (Phi) is 7.19. The number of H-pyrrole nitrogens is 1. The Bertz CT molecular complexity index is 530. The van der Waals surface area contributed by atoms with E-state index >= 15 is 0 Å². The van der Waals surface area contributed by atoms with Gasteiger partial charge in [0.15, 0.2) is 0 Å². The van der Waals surface area contributed by atoms with Gasteiger partial charge in [-0.15, -0.1) is 24.8 Å². The summed E-state index contributed by atoms with van der Waals surface area (Å²) in [6, 6.07) is 5.11. The highest BCUT2D eigenvalue weighted by Gasteiger charge is 2.03. The number of nitrogens with two attached hydrogens (primary N) is 1. The van der Waals surface area contributed by atoms with Crippen LogP contribution < -0.4 is 11.3 Å². The number of pyridine rings is 1. The van der Waals surface area contributed by atoms with Crippen molar-refractivity contribution in [3.05, 3.63) is 46.6 Å².